The summed E-state index contributed by atoms with van der Waals surface area (Å²) in [4.78, 5) is 2.54. The number of ether oxygens (including phenoxy) is 2. The van der Waals surface area contributed by atoms with Crippen LogP contribution in [-0.4, -0.2) is 37.7 Å². The lowest BCUT2D eigenvalue weighted by Crippen LogP contribution is -2.37. The highest BCUT2D eigenvalue weighted by molar-refractivity contribution is 6.32. The van der Waals surface area contributed by atoms with Gasteiger partial charge >= 0.3 is 0 Å². The minimum Gasteiger partial charge on any atom is -0.493 e. The van der Waals surface area contributed by atoms with Crippen LogP contribution in [0.3, 0.4) is 0 Å². The maximum absolute atomic E-state index is 6.49. The predicted molar refractivity (Wildman–Crippen MR) is 130 cm³/mol. The predicted octanol–water partition coefficient (Wildman–Crippen LogP) is 6.00. The zero-order valence-corrected chi connectivity index (χ0v) is 20.5. The van der Waals surface area contributed by atoms with Crippen LogP contribution in [0.1, 0.15) is 30.9 Å². The van der Waals surface area contributed by atoms with Gasteiger partial charge in [-0.25, -0.2) is 0 Å². The Morgan fingerprint density at radius 1 is 1.10 bits per heavy atom. The largest absolute Gasteiger partial charge is 0.493 e. The number of methoxy groups -OCH3 is 1. The topological polar surface area (TPSA) is 33.7 Å². The van der Waals surface area contributed by atoms with Crippen LogP contribution < -0.4 is 14.8 Å². The minimum absolute atomic E-state index is 0. The molecule has 1 saturated heterocycles. The van der Waals surface area contributed by atoms with E-state index >= 15 is 0 Å². The van der Waals surface area contributed by atoms with E-state index in [9.17, 15) is 0 Å². The van der Waals surface area contributed by atoms with Gasteiger partial charge in [0.05, 0.1) is 12.1 Å². The first kappa shape index (κ1) is 27.2. The van der Waals surface area contributed by atoms with E-state index in [-0.39, 0.29) is 24.8 Å². The molecule has 30 heavy (non-hydrogen) atoms. The van der Waals surface area contributed by atoms with Crippen molar-refractivity contribution in [1.82, 2.24) is 10.2 Å². The van der Waals surface area contributed by atoms with Crippen LogP contribution in [0.2, 0.25) is 10.0 Å². The van der Waals surface area contributed by atoms with Crippen molar-refractivity contribution in [1.29, 1.82) is 0 Å². The highest BCUT2D eigenvalue weighted by Gasteiger charge is 2.22. The van der Waals surface area contributed by atoms with Crippen molar-refractivity contribution in [2.45, 2.75) is 39.0 Å². The Bertz CT molecular complexity index is 774. The van der Waals surface area contributed by atoms with Crippen LogP contribution in [0.5, 0.6) is 11.5 Å². The van der Waals surface area contributed by atoms with Crippen molar-refractivity contribution in [2.24, 2.45) is 0 Å². The molecule has 0 aromatic heterocycles. The molecule has 0 saturated carbocycles. The van der Waals surface area contributed by atoms with E-state index in [0.29, 0.717) is 34.2 Å². The number of nitrogens with zero attached hydrogens (tertiary/aromatic N) is 1. The summed E-state index contributed by atoms with van der Waals surface area (Å²) in [5, 5.41) is 4.82. The number of hydrogen-bond donors (Lipinski definition) is 1. The summed E-state index contributed by atoms with van der Waals surface area (Å²) in [6, 6.07) is 12.1. The van der Waals surface area contributed by atoms with Crippen LogP contribution in [-0.2, 0) is 13.2 Å². The van der Waals surface area contributed by atoms with Crippen LogP contribution in [0.15, 0.2) is 36.4 Å². The van der Waals surface area contributed by atoms with Gasteiger partial charge in [-0.2, -0.15) is 0 Å². The molecule has 0 amide bonds. The molecule has 1 aliphatic heterocycles. The van der Waals surface area contributed by atoms with Gasteiger partial charge in [0, 0.05) is 24.2 Å². The first-order chi connectivity index (χ1) is 13.6. The van der Waals surface area contributed by atoms with Gasteiger partial charge in [-0.1, -0.05) is 42.3 Å². The van der Waals surface area contributed by atoms with Crippen LogP contribution in [0.25, 0.3) is 0 Å². The van der Waals surface area contributed by atoms with E-state index in [1.165, 1.54) is 19.4 Å². The third-order valence-electron chi connectivity index (χ3n) is 5.20. The van der Waals surface area contributed by atoms with Gasteiger partial charge in [-0.3, -0.25) is 4.90 Å². The number of benzene rings is 2. The molecule has 1 aliphatic rings. The fraction of sp³-hybridized carbons (Fsp3) is 0.455. The Labute approximate surface area is 202 Å². The number of likely N-dealkylation sites (tertiary alicyclic amines) is 1. The highest BCUT2D eigenvalue weighted by Crippen LogP contribution is 2.37. The molecule has 0 radical (unpaired) electrons. The second-order valence-electron chi connectivity index (χ2n) is 7.08. The lowest BCUT2D eigenvalue weighted by atomic mass is 10.1. The first-order valence-corrected chi connectivity index (χ1v) is 10.5. The average molecular weight is 496 g/mol. The monoisotopic (exact) mass is 494 g/mol. The Morgan fingerprint density at radius 3 is 2.50 bits per heavy atom. The zero-order chi connectivity index (χ0) is 19.9. The first-order valence-electron chi connectivity index (χ1n) is 9.79. The molecule has 1 N–H and O–H groups in total. The standard InChI is InChI=1S/C22H28Cl2N2O2.2ClH/c1-3-26-10-4-5-19(26)14-25-13-17-11-20(24)22(21(12-17)27-2)28-15-16-6-8-18(23)9-7-16;;/h6-9,11-12,19,25H,3-5,10,13-15H2,1-2H3;2*1H. The number of likely N-dealkylation sites (N-methyl/N-ethyl adjacent to an activating group) is 1. The molecule has 1 atom stereocenters. The minimum atomic E-state index is 0. The molecule has 1 fully saturated rings. The highest BCUT2D eigenvalue weighted by atomic mass is 35.5. The molecule has 0 bridgehead atoms. The fourth-order valence-electron chi connectivity index (χ4n) is 3.68. The van der Waals surface area contributed by atoms with E-state index in [4.69, 9.17) is 32.7 Å². The molecule has 3 rings (SSSR count). The lowest BCUT2D eigenvalue weighted by Gasteiger charge is -2.23. The SMILES string of the molecule is CCN1CCCC1CNCc1cc(Cl)c(OCc2ccc(Cl)cc2)c(OC)c1.Cl.Cl. The smallest absolute Gasteiger partial charge is 0.180 e. The summed E-state index contributed by atoms with van der Waals surface area (Å²) in [6.07, 6.45) is 2.56. The van der Waals surface area contributed by atoms with E-state index in [1.807, 2.05) is 36.4 Å². The molecule has 0 spiro atoms. The molecule has 4 nitrogen and oxygen atoms in total. The van der Waals surface area contributed by atoms with Gasteiger partial charge in [0.1, 0.15) is 6.61 Å². The summed E-state index contributed by atoms with van der Waals surface area (Å²) >= 11 is 12.4. The van der Waals surface area contributed by atoms with E-state index in [2.05, 4.69) is 17.1 Å². The summed E-state index contributed by atoms with van der Waals surface area (Å²) < 4.78 is 11.4. The molecule has 1 unspecified atom stereocenters. The lowest BCUT2D eigenvalue weighted by molar-refractivity contribution is 0.260. The second kappa shape index (κ2) is 13.5. The fourth-order valence-corrected chi connectivity index (χ4v) is 4.09. The van der Waals surface area contributed by atoms with Crippen molar-refractivity contribution in [3.63, 3.8) is 0 Å². The maximum atomic E-state index is 6.49. The van der Waals surface area contributed by atoms with E-state index in [1.54, 1.807) is 7.11 Å². The summed E-state index contributed by atoms with van der Waals surface area (Å²) in [6.45, 7) is 6.70. The molecular formula is C22H30Cl4N2O2. The summed E-state index contributed by atoms with van der Waals surface area (Å²) in [7, 11) is 1.63. The Kier molecular flexibility index (Phi) is 12.2. The zero-order valence-electron chi connectivity index (χ0n) is 17.3. The number of hydrogen-bond acceptors (Lipinski definition) is 4. The van der Waals surface area contributed by atoms with Gasteiger partial charge in [0.2, 0.25) is 0 Å². The van der Waals surface area contributed by atoms with E-state index in [0.717, 1.165) is 30.8 Å². The van der Waals surface area contributed by atoms with Gasteiger partial charge in [0.15, 0.2) is 11.5 Å². The van der Waals surface area contributed by atoms with Gasteiger partial charge in [0.25, 0.3) is 0 Å². The van der Waals surface area contributed by atoms with Crippen molar-refractivity contribution in [2.75, 3.05) is 26.7 Å². The molecule has 1 heterocycles. The molecular weight excluding hydrogens is 466 g/mol. The number of nitrogens with one attached hydrogen (secondary N) is 1. The van der Waals surface area contributed by atoms with Gasteiger partial charge in [-0.05, 0) is 61.3 Å². The molecule has 168 valence electrons. The average Bonchev–Trinajstić information content (AvgIpc) is 3.15. The normalized spacial score (nSPS) is 15.9. The quantitative estimate of drug-likeness (QED) is 0.462. The Hall–Kier alpha value is -0.880. The van der Waals surface area contributed by atoms with Crippen LogP contribution in [0.4, 0.5) is 0 Å². The third kappa shape index (κ3) is 7.37. The van der Waals surface area contributed by atoms with Crippen LogP contribution >= 0.6 is 48.0 Å². The molecule has 8 heteroatoms. The van der Waals surface area contributed by atoms with Gasteiger partial charge < -0.3 is 14.8 Å². The maximum Gasteiger partial charge on any atom is 0.180 e. The van der Waals surface area contributed by atoms with Crippen molar-refractivity contribution in [3.8, 4) is 11.5 Å². The summed E-state index contributed by atoms with van der Waals surface area (Å²) in [5.74, 6) is 1.21. The molecule has 2 aromatic carbocycles. The molecule has 0 aliphatic carbocycles. The van der Waals surface area contributed by atoms with E-state index < -0.39 is 0 Å². The number of halogens is 4. The number of rotatable bonds is 9. The van der Waals surface area contributed by atoms with Crippen LogP contribution in [0, 0.1) is 0 Å². The third-order valence-corrected chi connectivity index (χ3v) is 5.73. The Balaban J connectivity index is 0.00000225. The van der Waals surface area contributed by atoms with Crippen molar-refractivity contribution >= 4 is 48.0 Å². The molecule has 2 aromatic rings. The Morgan fingerprint density at radius 2 is 1.83 bits per heavy atom. The van der Waals surface area contributed by atoms with Crippen molar-refractivity contribution < 1.29 is 9.47 Å². The second-order valence-corrected chi connectivity index (χ2v) is 7.92. The summed E-state index contributed by atoms with van der Waals surface area (Å²) in [5.41, 5.74) is 2.10. The van der Waals surface area contributed by atoms with Gasteiger partial charge in [-0.15, -0.1) is 24.8 Å². The van der Waals surface area contributed by atoms with Crippen molar-refractivity contribution in [3.05, 3.63) is 57.6 Å².